The number of nitrogens with zero attached hydrogens (tertiary/aromatic N) is 4. The number of unbranched alkanes of at least 4 members (excludes halogenated alkanes) is 4. The van der Waals surface area contributed by atoms with E-state index >= 15 is 4.39 Å². The maximum absolute atomic E-state index is 15.4. The molecule has 2 atom stereocenters. The van der Waals surface area contributed by atoms with Crippen LogP contribution in [0.5, 0.6) is 11.5 Å². The van der Waals surface area contributed by atoms with Gasteiger partial charge in [0.1, 0.15) is 23.5 Å². The summed E-state index contributed by atoms with van der Waals surface area (Å²) in [5.41, 5.74) is 6.28. The second-order valence-electron chi connectivity index (χ2n) is 17.1. The highest BCUT2D eigenvalue weighted by atomic mass is 32.1. The monoisotopic (exact) mass is 875 g/mol. The van der Waals surface area contributed by atoms with Gasteiger partial charge in [-0.15, -0.1) is 11.3 Å². The molecule has 0 spiro atoms. The third kappa shape index (κ3) is 10.0. The predicted octanol–water partition coefficient (Wildman–Crippen LogP) is 8.68. The number of anilines is 1. The lowest BCUT2D eigenvalue weighted by Gasteiger charge is -2.32. The largest absolute Gasteiger partial charge is 0.493 e. The maximum Gasteiger partial charge on any atom is 0.255 e. The van der Waals surface area contributed by atoms with E-state index in [1.54, 1.807) is 18.4 Å². The van der Waals surface area contributed by atoms with Gasteiger partial charge in [0.25, 0.3) is 5.91 Å². The van der Waals surface area contributed by atoms with Crippen molar-refractivity contribution in [1.29, 1.82) is 0 Å². The summed E-state index contributed by atoms with van der Waals surface area (Å²) < 4.78 is 27.5. The summed E-state index contributed by atoms with van der Waals surface area (Å²) in [6.07, 6.45) is 7.58. The molecule has 0 bridgehead atoms. The number of nitrogens with one attached hydrogen (secondary N) is 3. The topological polar surface area (TPSA) is 138 Å². The first kappa shape index (κ1) is 44.2. The van der Waals surface area contributed by atoms with Gasteiger partial charge in [-0.3, -0.25) is 19.7 Å². The van der Waals surface area contributed by atoms with Crippen LogP contribution in [0.3, 0.4) is 0 Å². The number of rotatable bonds is 18. The Morgan fingerprint density at radius 3 is 2.54 bits per heavy atom. The Kier molecular flexibility index (Phi) is 14.0. The summed E-state index contributed by atoms with van der Waals surface area (Å²) in [6.45, 7) is 8.57. The number of imide groups is 1. The number of halogens is 1. The van der Waals surface area contributed by atoms with Crippen molar-refractivity contribution in [3.63, 3.8) is 0 Å². The number of hydrogen-bond acceptors (Lipinski definition) is 11. The van der Waals surface area contributed by atoms with Crippen molar-refractivity contribution < 1.29 is 28.2 Å². The van der Waals surface area contributed by atoms with E-state index in [4.69, 9.17) is 19.4 Å². The molecule has 0 radical (unpaired) electrons. The first-order chi connectivity index (χ1) is 30.6. The summed E-state index contributed by atoms with van der Waals surface area (Å²) in [5, 5.41) is 12.4. The number of ether oxygens (including phenoxy) is 2. The van der Waals surface area contributed by atoms with Crippen LogP contribution < -0.4 is 25.4 Å². The van der Waals surface area contributed by atoms with Crippen LogP contribution >= 0.6 is 11.3 Å². The van der Waals surface area contributed by atoms with Crippen molar-refractivity contribution in [2.45, 2.75) is 103 Å². The fourth-order valence-corrected chi connectivity index (χ4v) is 10.2. The fourth-order valence-electron chi connectivity index (χ4n) is 9.32. The van der Waals surface area contributed by atoms with Crippen LogP contribution in [0.1, 0.15) is 114 Å². The number of benzene rings is 3. The Balaban J connectivity index is 0.768. The molecule has 0 aliphatic carbocycles. The normalized spacial score (nSPS) is 17.6. The van der Waals surface area contributed by atoms with Crippen LogP contribution in [-0.4, -0.2) is 83.9 Å². The molecule has 63 heavy (non-hydrogen) atoms. The van der Waals surface area contributed by atoms with Crippen molar-refractivity contribution in [3.8, 4) is 22.6 Å². The zero-order chi connectivity index (χ0) is 44.0. The molecule has 2 fully saturated rings. The standard InChI is InChI=1S/C49H58FN7O5S/c1-30(45-23-35(29-63-45)36-13-9-8-12-33(36)27-51-3)52-47-39-25-43(61-4)44(26-41(39)53-31(2)54-47)62-21-11-7-5-6-10-18-56-19-16-32(17-20-56)37-22-34-28-57(49(60)38(34)24-40(37)50)42-14-15-46(58)55-48(42)59/h8-9,12-13,22-26,29-30,32,42,51H,5-7,10-11,14-21,27-28H2,1-4H3,(H,52,53,54)(H,55,58,59)/t30-,42?/m1/s1. The zero-order valence-corrected chi connectivity index (χ0v) is 37.5. The number of carbonyl (C=O) groups excluding carboxylic acids is 3. The average molecular weight is 876 g/mol. The SMILES string of the molecule is CNCc1ccccc1-c1csc([C@@H](C)Nc2nc(C)nc3cc(OCCCCCCCN4CCC(c5cc6c(cc5F)C(=O)N(C5CCC(=O)NC5=O)C6)CC4)c(OC)cc23)c1. The van der Waals surface area contributed by atoms with Crippen LogP contribution in [-0.2, 0) is 22.7 Å². The Hall–Kier alpha value is -5.44. The summed E-state index contributed by atoms with van der Waals surface area (Å²) in [5.74, 6) is 1.38. The summed E-state index contributed by atoms with van der Waals surface area (Å²) in [7, 11) is 3.63. The highest BCUT2D eigenvalue weighted by Crippen LogP contribution is 2.38. The Morgan fingerprint density at radius 2 is 1.75 bits per heavy atom. The van der Waals surface area contributed by atoms with E-state index in [-0.39, 0.29) is 49.0 Å². The molecular formula is C49H58FN7O5S. The molecule has 3 aliphatic rings. The van der Waals surface area contributed by atoms with E-state index in [9.17, 15) is 14.4 Å². The van der Waals surface area contributed by atoms with E-state index in [1.807, 2.05) is 32.2 Å². The Bertz CT molecular complexity index is 2470. The first-order valence-corrected chi connectivity index (χ1v) is 23.2. The van der Waals surface area contributed by atoms with Crippen LogP contribution in [0.25, 0.3) is 22.0 Å². The minimum atomic E-state index is -0.705. The second kappa shape index (κ2) is 19.9. The molecular weight excluding hydrogens is 818 g/mol. The predicted molar refractivity (Wildman–Crippen MR) is 245 cm³/mol. The lowest BCUT2D eigenvalue weighted by Crippen LogP contribution is -2.52. The number of hydrogen-bond donors (Lipinski definition) is 3. The van der Waals surface area contributed by atoms with Gasteiger partial charge in [0.15, 0.2) is 11.5 Å². The van der Waals surface area contributed by atoms with E-state index in [0.717, 1.165) is 93.4 Å². The summed E-state index contributed by atoms with van der Waals surface area (Å²) in [4.78, 5) is 51.9. The third-order valence-electron chi connectivity index (χ3n) is 12.7. The molecule has 1 unspecified atom stereocenters. The number of carbonyl (C=O) groups is 3. The molecule has 0 saturated carbocycles. The number of aromatic nitrogens is 2. The number of fused-ring (bicyclic) bond motifs is 2. The lowest BCUT2D eigenvalue weighted by atomic mass is 9.87. The van der Waals surface area contributed by atoms with Gasteiger partial charge in [-0.2, -0.15) is 0 Å². The van der Waals surface area contributed by atoms with E-state index < -0.39 is 11.9 Å². The van der Waals surface area contributed by atoms with E-state index in [1.165, 1.54) is 32.5 Å². The van der Waals surface area contributed by atoms with Gasteiger partial charge >= 0.3 is 0 Å². The number of amides is 3. The van der Waals surface area contributed by atoms with Crippen LogP contribution in [0.15, 0.2) is 60.0 Å². The van der Waals surface area contributed by atoms with E-state index in [2.05, 4.69) is 63.5 Å². The van der Waals surface area contributed by atoms with Crippen molar-refractivity contribution in [2.75, 3.05) is 45.7 Å². The van der Waals surface area contributed by atoms with Crippen molar-refractivity contribution in [2.24, 2.45) is 0 Å². The second-order valence-corrected chi connectivity index (χ2v) is 18.0. The number of thiophene rings is 1. The van der Waals surface area contributed by atoms with Gasteiger partial charge in [-0.05, 0) is 130 Å². The first-order valence-electron chi connectivity index (χ1n) is 22.4. The van der Waals surface area contributed by atoms with E-state index in [0.29, 0.717) is 35.1 Å². The highest BCUT2D eigenvalue weighted by Gasteiger charge is 2.40. The molecule has 3 amide bonds. The highest BCUT2D eigenvalue weighted by molar-refractivity contribution is 7.10. The van der Waals surface area contributed by atoms with Gasteiger partial charge in [0, 0.05) is 41.4 Å². The number of methoxy groups -OCH3 is 1. The molecule has 3 aliphatic heterocycles. The van der Waals surface area contributed by atoms with Gasteiger partial charge < -0.3 is 29.9 Å². The van der Waals surface area contributed by atoms with Crippen LogP contribution in [0.2, 0.25) is 0 Å². The molecule has 2 aromatic heterocycles. The molecule has 332 valence electrons. The van der Waals surface area contributed by atoms with Gasteiger partial charge in [-0.1, -0.05) is 49.6 Å². The Labute approximate surface area is 373 Å². The maximum atomic E-state index is 15.4. The van der Waals surface area contributed by atoms with Crippen molar-refractivity contribution in [3.05, 3.63) is 98.7 Å². The van der Waals surface area contributed by atoms with Gasteiger partial charge in [-0.25, -0.2) is 14.4 Å². The molecule has 5 heterocycles. The third-order valence-corrected chi connectivity index (χ3v) is 13.8. The summed E-state index contributed by atoms with van der Waals surface area (Å²) >= 11 is 1.74. The summed E-state index contributed by atoms with van der Waals surface area (Å²) in [6, 6.07) is 17.2. The quantitative estimate of drug-likeness (QED) is 0.0580. The number of piperidine rings is 2. The average Bonchev–Trinajstić information content (AvgIpc) is 3.89. The van der Waals surface area contributed by atoms with Crippen LogP contribution in [0, 0.1) is 12.7 Å². The number of likely N-dealkylation sites (tertiary alicyclic amines) is 1. The fraction of sp³-hybridized carbons (Fsp3) is 0.449. The van der Waals surface area contributed by atoms with Gasteiger partial charge in [0.2, 0.25) is 11.8 Å². The molecule has 5 aromatic rings. The minimum Gasteiger partial charge on any atom is -0.493 e. The smallest absolute Gasteiger partial charge is 0.255 e. The van der Waals surface area contributed by atoms with Gasteiger partial charge in [0.05, 0.1) is 25.3 Å². The lowest BCUT2D eigenvalue weighted by molar-refractivity contribution is -0.136. The van der Waals surface area contributed by atoms with Crippen molar-refractivity contribution in [1.82, 2.24) is 30.4 Å². The molecule has 3 aromatic carbocycles. The molecule has 3 N–H and O–H groups in total. The zero-order valence-electron chi connectivity index (χ0n) is 36.7. The number of aryl methyl sites for hydroxylation is 1. The van der Waals surface area contributed by atoms with Crippen molar-refractivity contribution >= 4 is 45.8 Å². The molecule has 12 nitrogen and oxygen atoms in total. The minimum absolute atomic E-state index is 0.0259. The molecule has 14 heteroatoms. The van der Waals surface area contributed by atoms with Crippen LogP contribution in [0.4, 0.5) is 10.2 Å². The molecule has 8 rings (SSSR count). The Morgan fingerprint density at radius 1 is 0.952 bits per heavy atom. The molecule has 2 saturated heterocycles.